The summed E-state index contributed by atoms with van der Waals surface area (Å²) in [7, 11) is -3.73. The average Bonchev–Trinajstić information content (AvgIpc) is 2.29. The summed E-state index contributed by atoms with van der Waals surface area (Å²) in [5, 5.41) is 7.42. The minimum absolute atomic E-state index is 0. The average molecular weight is 334 g/mol. The summed E-state index contributed by atoms with van der Waals surface area (Å²) in [6.45, 7) is 3.30. The molecule has 0 aliphatic rings. The van der Waals surface area contributed by atoms with Crippen LogP contribution in [-0.4, -0.2) is 29.8 Å². The fraction of sp³-hybridized carbons (Fsp3) is 0.929. The van der Waals surface area contributed by atoms with Gasteiger partial charge in [-0.3, -0.25) is 9.35 Å². The maximum atomic E-state index is 10.4. The van der Waals surface area contributed by atoms with E-state index in [1.807, 2.05) is 0 Å². The fourth-order valence-corrected chi connectivity index (χ4v) is 2.34. The Balaban J connectivity index is -0.000000240. The third kappa shape index (κ3) is 38.5. The van der Waals surface area contributed by atoms with Gasteiger partial charge in [0, 0.05) is 6.92 Å². The van der Waals surface area contributed by atoms with Crippen molar-refractivity contribution in [1.82, 2.24) is 0 Å². The summed E-state index contributed by atoms with van der Waals surface area (Å²) in [4.78, 5) is 9.00. The number of carbonyl (C=O) groups is 1. The molecule has 0 heterocycles. The van der Waals surface area contributed by atoms with Gasteiger partial charge in [-0.1, -0.05) is 64.7 Å². The smallest absolute Gasteiger partial charge is 1.00 e. The molecule has 0 aromatic carbocycles. The normalized spacial score (nSPS) is 10.2. The number of hydrogen-bond acceptors (Lipinski definition) is 3. The Labute approximate surface area is 153 Å². The van der Waals surface area contributed by atoms with E-state index in [0.717, 1.165) is 19.8 Å². The van der Waals surface area contributed by atoms with Crippen LogP contribution in [0, 0.1) is 0 Å². The largest absolute Gasteiger partial charge is 1.00 e. The zero-order valence-corrected chi connectivity index (χ0v) is 16.6. The second kappa shape index (κ2) is 18.4. The molecule has 0 radical (unpaired) electrons. The topological polar surface area (TPSA) is 91.7 Å². The quantitative estimate of drug-likeness (QED) is 0.334. The number of aliphatic carboxylic acids is 1. The molecule has 0 aliphatic carbocycles. The van der Waals surface area contributed by atoms with Crippen molar-refractivity contribution in [1.29, 1.82) is 0 Å². The fourth-order valence-electron chi connectivity index (χ4n) is 1.77. The van der Waals surface area contributed by atoms with E-state index in [9.17, 15) is 8.42 Å². The minimum atomic E-state index is -3.73. The van der Waals surface area contributed by atoms with Gasteiger partial charge in [0.05, 0.1) is 5.75 Å². The second-order valence-electron chi connectivity index (χ2n) is 4.99. The molecule has 0 amide bonds. The van der Waals surface area contributed by atoms with Crippen LogP contribution in [0.25, 0.3) is 0 Å². The molecule has 0 atom stereocenters. The van der Waals surface area contributed by atoms with E-state index < -0.39 is 16.1 Å². The van der Waals surface area contributed by atoms with Crippen LogP contribution in [0.5, 0.6) is 0 Å². The Hall–Kier alpha value is 0.380. The maximum Gasteiger partial charge on any atom is 1.00 e. The summed E-state index contributed by atoms with van der Waals surface area (Å²) >= 11 is 0. The van der Waals surface area contributed by atoms with E-state index in [4.69, 9.17) is 14.5 Å². The Bertz CT molecular complexity index is 319. The zero-order chi connectivity index (χ0) is 15.9. The molecule has 0 aromatic rings. The summed E-state index contributed by atoms with van der Waals surface area (Å²) in [5.41, 5.74) is 0. The van der Waals surface area contributed by atoms with E-state index in [1.54, 1.807) is 0 Å². The molecule has 0 fully saturated rings. The van der Waals surface area contributed by atoms with Gasteiger partial charge >= 0.3 is 29.6 Å². The van der Waals surface area contributed by atoms with Gasteiger partial charge < -0.3 is 6.53 Å². The first kappa shape index (κ1) is 26.3. The molecule has 21 heavy (non-hydrogen) atoms. The molecular formula is C14H31NaO5S. The van der Waals surface area contributed by atoms with E-state index in [0.29, 0.717) is 6.42 Å². The van der Waals surface area contributed by atoms with Gasteiger partial charge in [-0.05, 0) is 6.42 Å². The number of hydrogen-bond donors (Lipinski definition) is 2. The van der Waals surface area contributed by atoms with Crippen molar-refractivity contribution in [2.75, 3.05) is 5.75 Å². The van der Waals surface area contributed by atoms with Gasteiger partial charge in [0.25, 0.3) is 16.1 Å². The van der Waals surface area contributed by atoms with E-state index >= 15 is 0 Å². The Kier molecular flexibility index (Phi) is 23.1. The first-order valence-corrected chi connectivity index (χ1v) is 9.05. The van der Waals surface area contributed by atoms with Crippen LogP contribution >= 0.6 is 0 Å². The molecule has 5 nitrogen and oxygen atoms in total. The van der Waals surface area contributed by atoms with Crippen molar-refractivity contribution in [2.45, 2.75) is 78.1 Å². The van der Waals surface area contributed by atoms with Crippen LogP contribution in [-0.2, 0) is 14.9 Å². The van der Waals surface area contributed by atoms with Crippen LogP contribution < -0.4 is 29.6 Å². The molecule has 0 aliphatic heterocycles. The standard InChI is InChI=1S/C12H26O3S.C2H4O2.Na.H/c1-2-3-4-5-6-7-8-9-10-11-12-16(13,14)15;1-2(3)4;;/h2-12H2,1H3,(H,13,14,15);1H3,(H,3,4);;/q;;+1;-1. The van der Waals surface area contributed by atoms with Crippen molar-refractivity contribution in [2.24, 2.45) is 0 Å². The summed E-state index contributed by atoms with van der Waals surface area (Å²) in [6, 6.07) is 0. The molecule has 0 saturated carbocycles. The van der Waals surface area contributed by atoms with Crippen LogP contribution in [0.4, 0.5) is 0 Å². The summed E-state index contributed by atoms with van der Waals surface area (Å²) in [5.74, 6) is -0.913. The van der Waals surface area contributed by atoms with Crippen LogP contribution in [0.3, 0.4) is 0 Å². The van der Waals surface area contributed by atoms with E-state index in [2.05, 4.69) is 6.92 Å². The van der Waals surface area contributed by atoms with E-state index in [1.165, 1.54) is 44.9 Å². The summed E-state index contributed by atoms with van der Waals surface area (Å²) < 4.78 is 29.4. The Morgan fingerprint density at radius 3 is 1.48 bits per heavy atom. The predicted octanol–water partition coefficient (Wildman–Crippen LogP) is 1.00. The van der Waals surface area contributed by atoms with Crippen molar-refractivity contribution >= 4 is 16.1 Å². The van der Waals surface area contributed by atoms with Crippen molar-refractivity contribution in [3.63, 3.8) is 0 Å². The molecule has 0 aromatic heterocycles. The van der Waals surface area contributed by atoms with Crippen LogP contribution in [0.15, 0.2) is 0 Å². The monoisotopic (exact) mass is 334 g/mol. The third-order valence-corrected chi connectivity index (χ3v) is 3.56. The first-order chi connectivity index (χ1) is 9.29. The van der Waals surface area contributed by atoms with Crippen LogP contribution in [0.1, 0.15) is 79.5 Å². The second-order valence-corrected chi connectivity index (χ2v) is 6.56. The van der Waals surface area contributed by atoms with Crippen molar-refractivity contribution < 1.29 is 53.9 Å². The van der Waals surface area contributed by atoms with Crippen molar-refractivity contribution in [3.8, 4) is 0 Å². The molecule has 0 saturated heterocycles. The number of carboxylic acids is 1. The number of rotatable bonds is 11. The van der Waals surface area contributed by atoms with Gasteiger partial charge in [-0.15, -0.1) is 0 Å². The van der Waals surface area contributed by atoms with Gasteiger partial charge in [0.15, 0.2) is 0 Å². The number of carboxylic acid groups (broad SMARTS) is 1. The summed E-state index contributed by atoms with van der Waals surface area (Å²) in [6.07, 6.45) is 11.7. The SMILES string of the molecule is CC(=O)O.CCCCCCCCCCCCS(=O)(=O)O.[H-].[Na+]. The Morgan fingerprint density at radius 1 is 0.905 bits per heavy atom. The van der Waals surface area contributed by atoms with Crippen molar-refractivity contribution in [3.05, 3.63) is 0 Å². The van der Waals surface area contributed by atoms with Gasteiger partial charge in [0.2, 0.25) is 0 Å². The predicted molar refractivity (Wildman–Crippen MR) is 82.7 cm³/mol. The van der Waals surface area contributed by atoms with E-state index in [-0.39, 0.29) is 36.7 Å². The molecule has 2 N–H and O–H groups in total. The third-order valence-electron chi connectivity index (χ3n) is 2.76. The molecule has 7 heteroatoms. The molecule has 0 spiro atoms. The zero-order valence-electron chi connectivity index (χ0n) is 14.8. The molecule has 0 bridgehead atoms. The molecule has 0 unspecified atom stereocenters. The van der Waals surface area contributed by atoms with Gasteiger partial charge in [0.1, 0.15) is 0 Å². The van der Waals surface area contributed by atoms with Crippen LogP contribution in [0.2, 0.25) is 0 Å². The molecule has 124 valence electrons. The molecule has 0 rings (SSSR count). The Morgan fingerprint density at radius 2 is 1.19 bits per heavy atom. The van der Waals surface area contributed by atoms with Gasteiger partial charge in [-0.25, -0.2) is 0 Å². The minimum Gasteiger partial charge on any atom is -1.00 e. The van der Waals surface area contributed by atoms with Gasteiger partial charge in [-0.2, -0.15) is 8.42 Å². The molecular weight excluding hydrogens is 303 g/mol. The maximum absolute atomic E-state index is 10.4. The number of unbranched alkanes of at least 4 members (excludes halogenated alkanes) is 9. The first-order valence-electron chi connectivity index (χ1n) is 7.44.